The predicted molar refractivity (Wildman–Crippen MR) is 66.5 cm³/mol. The zero-order valence-electron chi connectivity index (χ0n) is 9.89. The van der Waals surface area contributed by atoms with Gasteiger partial charge in [0.15, 0.2) is 11.5 Å². The van der Waals surface area contributed by atoms with Gasteiger partial charge in [0.2, 0.25) is 0 Å². The molecule has 0 radical (unpaired) electrons. The van der Waals surface area contributed by atoms with E-state index in [2.05, 4.69) is 0 Å². The number of benzene rings is 1. The van der Waals surface area contributed by atoms with E-state index in [4.69, 9.17) is 9.47 Å². The minimum absolute atomic E-state index is 0.0416. The minimum atomic E-state index is -1.13. The summed E-state index contributed by atoms with van der Waals surface area (Å²) in [5.74, 6) is 1.56. The maximum absolute atomic E-state index is 12.3. The molecule has 2 aliphatic rings. The highest BCUT2D eigenvalue weighted by molar-refractivity contribution is 7.85. The molecule has 0 spiro atoms. The maximum Gasteiger partial charge on any atom is 0.162 e. The standard InChI is InChI=1S/C13H14O4S/c14-9-1-2-10(7-9)18(15)11-3-4-12-13(8-11)17-6-5-16-12/h3-4,8,10H,1-2,5-7H2. The van der Waals surface area contributed by atoms with Crippen LogP contribution in [-0.4, -0.2) is 28.5 Å². The summed E-state index contributed by atoms with van der Waals surface area (Å²) in [5.41, 5.74) is 0. The Bertz CT molecular complexity index is 512. The van der Waals surface area contributed by atoms with Crippen LogP contribution in [0.25, 0.3) is 0 Å². The molecule has 96 valence electrons. The predicted octanol–water partition coefficient (Wildman–Crippen LogP) is 1.69. The van der Waals surface area contributed by atoms with Gasteiger partial charge in [-0.25, -0.2) is 0 Å². The van der Waals surface area contributed by atoms with Gasteiger partial charge in [-0.2, -0.15) is 0 Å². The van der Waals surface area contributed by atoms with Crippen LogP contribution in [0.5, 0.6) is 11.5 Å². The molecule has 5 heteroatoms. The quantitative estimate of drug-likeness (QED) is 0.817. The van der Waals surface area contributed by atoms with Crippen molar-refractivity contribution < 1.29 is 18.5 Å². The van der Waals surface area contributed by atoms with Crippen LogP contribution >= 0.6 is 0 Å². The van der Waals surface area contributed by atoms with Crippen molar-refractivity contribution in [1.82, 2.24) is 0 Å². The number of carbonyl (C=O) groups excluding carboxylic acids is 1. The molecule has 18 heavy (non-hydrogen) atoms. The molecule has 0 saturated heterocycles. The number of Topliss-reactive ketones (excluding diaryl/α,β-unsaturated/α-hetero) is 1. The maximum atomic E-state index is 12.3. The lowest BCUT2D eigenvalue weighted by Crippen LogP contribution is -2.16. The summed E-state index contributed by atoms with van der Waals surface area (Å²) in [6.07, 6.45) is 1.71. The Balaban J connectivity index is 1.83. The van der Waals surface area contributed by atoms with Crippen molar-refractivity contribution in [2.24, 2.45) is 0 Å². The first-order chi connectivity index (χ1) is 8.74. The minimum Gasteiger partial charge on any atom is -0.486 e. The first-order valence-corrected chi connectivity index (χ1v) is 7.27. The largest absolute Gasteiger partial charge is 0.486 e. The fourth-order valence-electron chi connectivity index (χ4n) is 2.30. The molecule has 0 aromatic heterocycles. The number of ether oxygens (including phenoxy) is 2. The fraction of sp³-hybridized carbons (Fsp3) is 0.462. The zero-order valence-corrected chi connectivity index (χ0v) is 10.7. The van der Waals surface area contributed by atoms with Gasteiger partial charge in [-0.05, 0) is 18.6 Å². The molecule has 2 atom stereocenters. The van der Waals surface area contributed by atoms with Crippen molar-refractivity contribution in [3.63, 3.8) is 0 Å². The number of hydrogen-bond donors (Lipinski definition) is 0. The van der Waals surface area contributed by atoms with Gasteiger partial charge in [0.25, 0.3) is 0 Å². The van der Waals surface area contributed by atoms with Crippen LogP contribution in [-0.2, 0) is 15.6 Å². The number of hydrogen-bond acceptors (Lipinski definition) is 4. The van der Waals surface area contributed by atoms with Gasteiger partial charge in [-0.15, -0.1) is 0 Å². The molecule has 0 bridgehead atoms. The molecule has 1 aliphatic carbocycles. The topological polar surface area (TPSA) is 52.6 Å². The van der Waals surface area contributed by atoms with Crippen molar-refractivity contribution >= 4 is 16.6 Å². The molecule has 1 fully saturated rings. The molecule has 1 heterocycles. The van der Waals surface area contributed by atoms with Crippen molar-refractivity contribution in [1.29, 1.82) is 0 Å². The Morgan fingerprint density at radius 3 is 2.67 bits per heavy atom. The summed E-state index contributed by atoms with van der Waals surface area (Å²) in [5, 5.41) is -0.0416. The normalized spacial score (nSPS) is 24.0. The number of ketones is 1. The molecule has 0 N–H and O–H groups in total. The van der Waals surface area contributed by atoms with E-state index < -0.39 is 10.8 Å². The second-order valence-corrected chi connectivity index (χ2v) is 6.24. The van der Waals surface area contributed by atoms with Gasteiger partial charge < -0.3 is 9.47 Å². The molecule has 2 unspecified atom stereocenters. The van der Waals surface area contributed by atoms with Gasteiger partial charge in [0, 0.05) is 29.1 Å². The SMILES string of the molecule is O=C1CCC(S(=O)c2ccc3c(c2)OCCO3)C1. The van der Waals surface area contributed by atoms with Gasteiger partial charge in [-0.3, -0.25) is 9.00 Å². The number of fused-ring (bicyclic) bond motifs is 1. The molecular weight excluding hydrogens is 252 g/mol. The summed E-state index contributed by atoms with van der Waals surface area (Å²) >= 11 is 0. The summed E-state index contributed by atoms with van der Waals surface area (Å²) in [6.45, 7) is 1.07. The van der Waals surface area contributed by atoms with Gasteiger partial charge in [0.1, 0.15) is 19.0 Å². The third-order valence-corrected chi connectivity index (χ3v) is 4.98. The van der Waals surface area contributed by atoms with Crippen LogP contribution < -0.4 is 9.47 Å². The Morgan fingerprint density at radius 2 is 1.94 bits per heavy atom. The number of rotatable bonds is 2. The lowest BCUT2D eigenvalue weighted by atomic mass is 10.3. The van der Waals surface area contributed by atoms with Crippen LogP contribution in [0.15, 0.2) is 23.1 Å². The first kappa shape index (κ1) is 11.7. The van der Waals surface area contributed by atoms with Crippen LogP contribution in [0.1, 0.15) is 19.3 Å². The van der Waals surface area contributed by atoms with Crippen molar-refractivity contribution in [2.45, 2.75) is 29.4 Å². The molecule has 1 saturated carbocycles. The van der Waals surface area contributed by atoms with E-state index in [1.54, 1.807) is 18.2 Å². The first-order valence-electron chi connectivity index (χ1n) is 6.06. The molecule has 1 aliphatic heterocycles. The van der Waals surface area contributed by atoms with Gasteiger partial charge in [0.05, 0.1) is 10.8 Å². The van der Waals surface area contributed by atoms with Gasteiger partial charge >= 0.3 is 0 Å². The van der Waals surface area contributed by atoms with Crippen LogP contribution in [0.2, 0.25) is 0 Å². The summed E-state index contributed by atoms with van der Waals surface area (Å²) in [7, 11) is -1.13. The number of carbonyl (C=O) groups is 1. The molecular formula is C13H14O4S. The highest BCUT2D eigenvalue weighted by atomic mass is 32.2. The van der Waals surface area contributed by atoms with E-state index in [0.717, 1.165) is 11.3 Å². The molecule has 0 amide bonds. The van der Waals surface area contributed by atoms with Crippen molar-refractivity contribution in [3.05, 3.63) is 18.2 Å². The monoisotopic (exact) mass is 266 g/mol. The Kier molecular flexibility index (Phi) is 3.07. The molecule has 1 aromatic carbocycles. The van der Waals surface area contributed by atoms with E-state index in [0.29, 0.717) is 37.6 Å². The Morgan fingerprint density at radius 1 is 1.17 bits per heavy atom. The van der Waals surface area contributed by atoms with Crippen LogP contribution in [0.3, 0.4) is 0 Å². The Labute approximate surface area is 108 Å². The zero-order chi connectivity index (χ0) is 12.5. The van der Waals surface area contributed by atoms with E-state index >= 15 is 0 Å². The summed E-state index contributed by atoms with van der Waals surface area (Å²) in [6, 6.07) is 5.36. The van der Waals surface area contributed by atoms with Gasteiger partial charge in [-0.1, -0.05) is 0 Å². The smallest absolute Gasteiger partial charge is 0.162 e. The van der Waals surface area contributed by atoms with E-state index in [1.165, 1.54) is 0 Å². The highest BCUT2D eigenvalue weighted by Crippen LogP contribution is 2.33. The summed E-state index contributed by atoms with van der Waals surface area (Å²) in [4.78, 5) is 12.0. The van der Waals surface area contributed by atoms with E-state index in [9.17, 15) is 9.00 Å². The summed E-state index contributed by atoms with van der Waals surface area (Å²) < 4.78 is 23.2. The average Bonchev–Trinajstić information content (AvgIpc) is 2.84. The fourth-order valence-corrected chi connectivity index (χ4v) is 3.78. The second-order valence-electron chi connectivity index (χ2n) is 4.51. The lowest BCUT2D eigenvalue weighted by molar-refractivity contribution is -0.117. The van der Waals surface area contributed by atoms with E-state index in [-0.39, 0.29) is 11.0 Å². The average molecular weight is 266 g/mol. The molecule has 1 aromatic rings. The lowest BCUT2D eigenvalue weighted by Gasteiger charge is -2.19. The van der Waals surface area contributed by atoms with Crippen LogP contribution in [0, 0.1) is 0 Å². The molecule has 4 nitrogen and oxygen atoms in total. The second kappa shape index (κ2) is 4.72. The van der Waals surface area contributed by atoms with E-state index in [1.807, 2.05) is 0 Å². The third-order valence-electron chi connectivity index (χ3n) is 3.25. The molecule has 3 rings (SSSR count). The Hall–Kier alpha value is -1.36. The highest BCUT2D eigenvalue weighted by Gasteiger charge is 2.28. The van der Waals surface area contributed by atoms with Crippen LogP contribution in [0.4, 0.5) is 0 Å². The van der Waals surface area contributed by atoms with Crippen molar-refractivity contribution in [3.8, 4) is 11.5 Å². The van der Waals surface area contributed by atoms with Crippen molar-refractivity contribution in [2.75, 3.05) is 13.2 Å². The third kappa shape index (κ3) is 2.14.